The average Bonchev–Trinajstić information content (AvgIpc) is 3.01. The Labute approximate surface area is 131 Å². The number of nitriles is 1. The Morgan fingerprint density at radius 1 is 1.23 bits per heavy atom. The van der Waals surface area contributed by atoms with Crippen LogP contribution in [0.5, 0.6) is 0 Å². The van der Waals surface area contributed by atoms with Gasteiger partial charge in [-0.1, -0.05) is 19.3 Å². The predicted molar refractivity (Wildman–Crippen MR) is 80.8 cm³/mol. The van der Waals surface area contributed by atoms with Gasteiger partial charge < -0.3 is 15.1 Å². The minimum atomic E-state index is -0.812. The third-order valence-corrected chi connectivity index (χ3v) is 5.34. The number of hydrogen-bond donors (Lipinski definition) is 1. The third kappa shape index (κ3) is 2.65. The molecule has 3 aliphatic rings. The summed E-state index contributed by atoms with van der Waals surface area (Å²) in [7, 11) is 0. The predicted octanol–water partition coefficient (Wildman–Crippen LogP) is 1.48. The van der Waals surface area contributed by atoms with Gasteiger partial charge in [0.2, 0.25) is 5.91 Å². The Morgan fingerprint density at radius 2 is 2.00 bits per heavy atom. The Bertz CT molecular complexity index is 493. The van der Waals surface area contributed by atoms with Crippen molar-refractivity contribution in [3.63, 3.8) is 0 Å². The van der Waals surface area contributed by atoms with E-state index < -0.39 is 5.41 Å². The van der Waals surface area contributed by atoms with Crippen LogP contribution in [0.3, 0.4) is 0 Å². The molecule has 0 bridgehead atoms. The van der Waals surface area contributed by atoms with Crippen LogP contribution in [0.25, 0.3) is 0 Å². The van der Waals surface area contributed by atoms with Gasteiger partial charge in [-0.25, -0.2) is 4.79 Å². The van der Waals surface area contributed by atoms with Crippen LogP contribution in [0, 0.1) is 16.7 Å². The first kappa shape index (κ1) is 15.1. The largest absolute Gasteiger partial charge is 0.339 e. The molecule has 2 heterocycles. The first-order valence-electron chi connectivity index (χ1n) is 8.41. The molecule has 3 rings (SSSR count). The van der Waals surface area contributed by atoms with Crippen molar-refractivity contribution in [3.8, 4) is 6.07 Å². The number of nitrogens with zero attached hydrogens (tertiary/aromatic N) is 3. The molecule has 0 aromatic rings. The Morgan fingerprint density at radius 3 is 2.64 bits per heavy atom. The third-order valence-electron chi connectivity index (χ3n) is 5.34. The first-order valence-corrected chi connectivity index (χ1v) is 8.41. The molecule has 2 saturated heterocycles. The molecule has 6 heteroatoms. The van der Waals surface area contributed by atoms with Crippen molar-refractivity contribution < 1.29 is 9.59 Å². The summed E-state index contributed by atoms with van der Waals surface area (Å²) in [6.07, 6.45) is 6.27. The molecule has 1 atom stereocenters. The highest BCUT2D eigenvalue weighted by molar-refractivity contribution is 5.86. The first-order chi connectivity index (χ1) is 10.7. The van der Waals surface area contributed by atoms with Gasteiger partial charge in [0.25, 0.3) is 0 Å². The van der Waals surface area contributed by atoms with Crippen LogP contribution < -0.4 is 5.32 Å². The molecule has 6 nitrogen and oxygen atoms in total. The summed E-state index contributed by atoms with van der Waals surface area (Å²) >= 11 is 0. The van der Waals surface area contributed by atoms with Crippen molar-refractivity contribution in [2.45, 2.75) is 51.0 Å². The molecule has 0 radical (unpaired) electrons. The molecule has 2 aliphatic heterocycles. The van der Waals surface area contributed by atoms with Crippen molar-refractivity contribution in [2.75, 3.05) is 26.2 Å². The minimum absolute atomic E-state index is 0.000921. The van der Waals surface area contributed by atoms with Crippen LogP contribution >= 0.6 is 0 Å². The number of carbonyl (C=O) groups is 2. The standard InChI is InChI=1S/C16H24N4O2/c17-12-16(6-2-1-3-7-16)14(21)19-9-4-5-13(11-19)20-10-8-18-15(20)22/h13H,1-11H2,(H,18,22)/t13-/m0/s1. The molecule has 1 N–H and O–H groups in total. The molecule has 1 aliphatic carbocycles. The van der Waals surface area contributed by atoms with E-state index in [-0.39, 0.29) is 18.0 Å². The van der Waals surface area contributed by atoms with E-state index in [0.717, 1.165) is 38.6 Å². The molecular weight excluding hydrogens is 280 g/mol. The second-order valence-electron chi connectivity index (χ2n) is 6.73. The highest BCUT2D eigenvalue weighted by Gasteiger charge is 2.44. The fourth-order valence-electron chi connectivity index (χ4n) is 4.06. The van der Waals surface area contributed by atoms with Crippen LogP contribution in [-0.4, -0.2) is 54.0 Å². The number of piperidine rings is 1. The van der Waals surface area contributed by atoms with Crippen LogP contribution in [0.15, 0.2) is 0 Å². The quantitative estimate of drug-likeness (QED) is 0.839. The van der Waals surface area contributed by atoms with Gasteiger partial charge >= 0.3 is 6.03 Å². The van der Waals surface area contributed by atoms with E-state index in [2.05, 4.69) is 11.4 Å². The van der Waals surface area contributed by atoms with Crippen LogP contribution in [0.1, 0.15) is 44.9 Å². The second-order valence-corrected chi connectivity index (χ2v) is 6.73. The summed E-state index contributed by atoms with van der Waals surface area (Å²) < 4.78 is 0. The maximum absolute atomic E-state index is 12.9. The number of amides is 3. The highest BCUT2D eigenvalue weighted by Crippen LogP contribution is 2.38. The van der Waals surface area contributed by atoms with E-state index in [1.807, 2.05) is 9.80 Å². The molecule has 3 amide bonds. The van der Waals surface area contributed by atoms with Crippen LogP contribution in [-0.2, 0) is 4.79 Å². The number of hydrogen-bond acceptors (Lipinski definition) is 3. The molecule has 120 valence electrons. The van der Waals surface area contributed by atoms with Crippen LogP contribution in [0.4, 0.5) is 4.79 Å². The summed E-state index contributed by atoms with van der Waals surface area (Å²) in [6.45, 7) is 2.70. The molecule has 0 aromatic heterocycles. The van der Waals surface area contributed by atoms with Crippen LogP contribution in [0.2, 0.25) is 0 Å². The average molecular weight is 304 g/mol. The van der Waals surface area contributed by atoms with Crippen molar-refractivity contribution in [2.24, 2.45) is 5.41 Å². The molecular formula is C16H24N4O2. The molecule has 0 spiro atoms. The Kier molecular flexibility index (Phi) is 4.23. The van der Waals surface area contributed by atoms with E-state index >= 15 is 0 Å². The van der Waals surface area contributed by atoms with E-state index in [1.165, 1.54) is 0 Å². The summed E-state index contributed by atoms with van der Waals surface area (Å²) in [4.78, 5) is 28.5. The molecule has 3 fully saturated rings. The number of likely N-dealkylation sites (tertiary alicyclic amines) is 1. The zero-order chi connectivity index (χ0) is 15.6. The van der Waals surface area contributed by atoms with Gasteiger partial charge in [0.15, 0.2) is 0 Å². The normalized spacial score (nSPS) is 28.1. The second kappa shape index (κ2) is 6.15. The monoisotopic (exact) mass is 304 g/mol. The summed E-state index contributed by atoms with van der Waals surface area (Å²) in [5.74, 6) is -0.000921. The van der Waals surface area contributed by atoms with Crippen molar-refractivity contribution in [1.29, 1.82) is 5.26 Å². The highest BCUT2D eigenvalue weighted by atomic mass is 16.2. The Hall–Kier alpha value is -1.77. The van der Waals surface area contributed by atoms with Gasteiger partial charge in [0, 0.05) is 26.2 Å². The van der Waals surface area contributed by atoms with Crippen molar-refractivity contribution in [3.05, 3.63) is 0 Å². The summed E-state index contributed by atoms with van der Waals surface area (Å²) in [5.41, 5.74) is -0.812. The zero-order valence-electron chi connectivity index (χ0n) is 13.0. The van der Waals surface area contributed by atoms with Gasteiger partial charge in [-0.2, -0.15) is 5.26 Å². The van der Waals surface area contributed by atoms with Gasteiger partial charge in [0.05, 0.1) is 12.1 Å². The number of rotatable bonds is 2. The molecule has 22 heavy (non-hydrogen) atoms. The maximum Gasteiger partial charge on any atom is 0.317 e. The lowest BCUT2D eigenvalue weighted by Crippen LogP contribution is -2.54. The maximum atomic E-state index is 12.9. The van der Waals surface area contributed by atoms with Gasteiger partial charge in [-0.05, 0) is 25.7 Å². The fourth-order valence-corrected chi connectivity index (χ4v) is 4.06. The van der Waals surface area contributed by atoms with Crippen molar-refractivity contribution in [1.82, 2.24) is 15.1 Å². The zero-order valence-corrected chi connectivity index (χ0v) is 13.0. The summed E-state index contributed by atoms with van der Waals surface area (Å²) in [5, 5.41) is 12.4. The molecule has 1 saturated carbocycles. The Balaban J connectivity index is 1.70. The SMILES string of the molecule is N#CC1(C(=O)N2CCC[C@H](N3CCNC3=O)C2)CCCCC1. The smallest absolute Gasteiger partial charge is 0.317 e. The summed E-state index contributed by atoms with van der Waals surface area (Å²) in [6, 6.07) is 2.40. The van der Waals surface area contributed by atoms with Gasteiger partial charge in [-0.15, -0.1) is 0 Å². The molecule has 0 aromatic carbocycles. The minimum Gasteiger partial charge on any atom is -0.339 e. The fraction of sp³-hybridized carbons (Fsp3) is 0.812. The van der Waals surface area contributed by atoms with E-state index in [4.69, 9.17) is 0 Å². The topological polar surface area (TPSA) is 76.4 Å². The van der Waals surface area contributed by atoms with Gasteiger partial charge in [-0.3, -0.25) is 4.79 Å². The molecule has 0 unspecified atom stereocenters. The number of carbonyl (C=O) groups excluding carboxylic acids is 2. The lowest BCUT2D eigenvalue weighted by molar-refractivity contribution is -0.142. The van der Waals surface area contributed by atoms with E-state index in [9.17, 15) is 14.9 Å². The number of urea groups is 1. The lowest BCUT2D eigenvalue weighted by Gasteiger charge is -2.41. The lowest BCUT2D eigenvalue weighted by atomic mass is 9.74. The van der Waals surface area contributed by atoms with Gasteiger partial charge in [0.1, 0.15) is 5.41 Å². The van der Waals surface area contributed by atoms with E-state index in [1.54, 1.807) is 0 Å². The van der Waals surface area contributed by atoms with E-state index in [0.29, 0.717) is 32.5 Å². The van der Waals surface area contributed by atoms with Crippen molar-refractivity contribution >= 4 is 11.9 Å². The number of nitrogens with one attached hydrogen (secondary N) is 1.